The number of amides is 1. The molecule has 4 saturated carbocycles. The number of rotatable bonds is 4. The molecule has 2 N–H and O–H groups in total. The molecule has 5 fully saturated rings. The maximum Gasteiger partial charge on any atom is 0.306 e. The highest BCUT2D eigenvalue weighted by Crippen LogP contribution is 2.53. The number of hydrogen-bond acceptors (Lipinski definition) is 3. The van der Waals surface area contributed by atoms with Gasteiger partial charge in [-0.05, 0) is 81.7 Å². The Morgan fingerprint density at radius 2 is 1.52 bits per heavy atom. The van der Waals surface area contributed by atoms with Gasteiger partial charge in [-0.25, -0.2) is 0 Å². The number of likely N-dealkylation sites (tertiary alicyclic amines) is 1. The molecular weight excluding hydrogens is 292 g/mol. The second kappa shape index (κ2) is 6.08. The fraction of sp³-hybridized carbons (Fsp3) is 0.889. The number of nitrogens with one attached hydrogen (secondary N) is 1. The molecule has 128 valence electrons. The lowest BCUT2D eigenvalue weighted by molar-refractivity contribution is -0.143. The SMILES string of the molecule is O=C(CN1CCC(C(=O)O)CC1)NC1C2CC3CC(C2)CC1C3. The zero-order valence-corrected chi connectivity index (χ0v) is 13.7. The van der Waals surface area contributed by atoms with Crippen molar-refractivity contribution in [3.05, 3.63) is 0 Å². The third-order valence-corrected chi connectivity index (χ3v) is 6.86. The molecule has 5 nitrogen and oxygen atoms in total. The highest BCUT2D eigenvalue weighted by molar-refractivity contribution is 5.78. The molecule has 4 bridgehead atoms. The predicted octanol–water partition coefficient (Wildman–Crippen LogP) is 1.72. The average Bonchev–Trinajstić information content (AvgIpc) is 2.50. The summed E-state index contributed by atoms with van der Waals surface area (Å²) in [5, 5.41) is 12.4. The first-order valence-corrected chi connectivity index (χ1v) is 9.33. The Bertz CT molecular complexity index is 457. The minimum atomic E-state index is -0.692. The monoisotopic (exact) mass is 320 g/mol. The van der Waals surface area contributed by atoms with Crippen molar-refractivity contribution in [2.24, 2.45) is 29.6 Å². The Balaban J connectivity index is 1.27. The van der Waals surface area contributed by atoms with Crippen LogP contribution in [0.1, 0.15) is 44.9 Å². The molecule has 5 heteroatoms. The summed E-state index contributed by atoms with van der Waals surface area (Å²) in [6.07, 6.45) is 8.06. The fourth-order valence-corrected chi connectivity index (χ4v) is 5.93. The maximum atomic E-state index is 12.4. The van der Waals surface area contributed by atoms with E-state index in [1.54, 1.807) is 0 Å². The van der Waals surface area contributed by atoms with E-state index in [1.165, 1.54) is 32.1 Å². The first-order chi connectivity index (χ1) is 11.1. The molecule has 1 amide bonds. The van der Waals surface area contributed by atoms with Crippen molar-refractivity contribution in [2.45, 2.75) is 51.0 Å². The van der Waals surface area contributed by atoms with Gasteiger partial charge < -0.3 is 10.4 Å². The van der Waals surface area contributed by atoms with E-state index in [0.29, 0.717) is 37.3 Å². The second-order valence-corrected chi connectivity index (χ2v) is 8.41. The molecule has 1 saturated heterocycles. The Kier molecular flexibility index (Phi) is 4.08. The van der Waals surface area contributed by atoms with Crippen LogP contribution in [0.15, 0.2) is 0 Å². The fourth-order valence-electron chi connectivity index (χ4n) is 5.93. The van der Waals surface area contributed by atoms with Crippen molar-refractivity contribution in [1.82, 2.24) is 10.2 Å². The molecule has 0 aromatic carbocycles. The van der Waals surface area contributed by atoms with Crippen LogP contribution in [0.3, 0.4) is 0 Å². The average molecular weight is 320 g/mol. The van der Waals surface area contributed by atoms with Gasteiger partial charge in [-0.15, -0.1) is 0 Å². The van der Waals surface area contributed by atoms with Crippen LogP contribution in [-0.2, 0) is 9.59 Å². The lowest BCUT2D eigenvalue weighted by atomic mass is 9.54. The summed E-state index contributed by atoms with van der Waals surface area (Å²) in [6.45, 7) is 1.90. The first kappa shape index (κ1) is 15.4. The summed E-state index contributed by atoms with van der Waals surface area (Å²) in [6, 6.07) is 0.409. The van der Waals surface area contributed by atoms with Gasteiger partial charge in [0.05, 0.1) is 12.5 Å². The van der Waals surface area contributed by atoms with Gasteiger partial charge in [-0.2, -0.15) is 0 Å². The third-order valence-electron chi connectivity index (χ3n) is 6.86. The predicted molar refractivity (Wildman–Crippen MR) is 85.8 cm³/mol. The van der Waals surface area contributed by atoms with Gasteiger partial charge >= 0.3 is 5.97 Å². The zero-order chi connectivity index (χ0) is 16.0. The maximum absolute atomic E-state index is 12.4. The van der Waals surface area contributed by atoms with E-state index >= 15 is 0 Å². The topological polar surface area (TPSA) is 69.6 Å². The Labute approximate surface area is 137 Å². The summed E-state index contributed by atoms with van der Waals surface area (Å²) in [7, 11) is 0. The van der Waals surface area contributed by atoms with Crippen LogP contribution in [-0.4, -0.2) is 47.6 Å². The number of carboxylic acid groups (broad SMARTS) is 1. The van der Waals surface area contributed by atoms with Gasteiger partial charge in [0.1, 0.15) is 0 Å². The molecule has 0 atom stereocenters. The van der Waals surface area contributed by atoms with Crippen molar-refractivity contribution in [3.8, 4) is 0 Å². The van der Waals surface area contributed by atoms with E-state index in [9.17, 15) is 9.59 Å². The Morgan fingerprint density at radius 1 is 0.957 bits per heavy atom. The Hall–Kier alpha value is -1.10. The van der Waals surface area contributed by atoms with Crippen molar-refractivity contribution in [3.63, 3.8) is 0 Å². The summed E-state index contributed by atoms with van der Waals surface area (Å²) in [5.74, 6) is 2.53. The number of carboxylic acids is 1. The van der Waals surface area contributed by atoms with Crippen LogP contribution >= 0.6 is 0 Å². The van der Waals surface area contributed by atoms with Crippen LogP contribution in [0.25, 0.3) is 0 Å². The molecule has 23 heavy (non-hydrogen) atoms. The van der Waals surface area contributed by atoms with E-state index in [-0.39, 0.29) is 11.8 Å². The molecule has 5 rings (SSSR count). The van der Waals surface area contributed by atoms with Crippen LogP contribution in [0.4, 0.5) is 0 Å². The number of carbonyl (C=O) groups is 2. The van der Waals surface area contributed by atoms with Crippen LogP contribution < -0.4 is 5.32 Å². The number of nitrogens with zero attached hydrogens (tertiary/aromatic N) is 1. The number of aliphatic carboxylic acids is 1. The molecule has 0 spiro atoms. The highest BCUT2D eigenvalue weighted by Gasteiger charge is 2.48. The van der Waals surface area contributed by atoms with Crippen LogP contribution in [0.5, 0.6) is 0 Å². The van der Waals surface area contributed by atoms with Gasteiger partial charge in [-0.3, -0.25) is 14.5 Å². The summed E-state index contributed by atoms with van der Waals surface area (Å²) >= 11 is 0. The standard InChI is InChI=1S/C18H28N2O3/c21-16(10-20-3-1-13(2-4-20)18(22)23)19-17-14-6-11-5-12(8-14)9-15(17)7-11/h11-15,17H,1-10H2,(H,19,21)(H,22,23). The molecule has 4 aliphatic carbocycles. The largest absolute Gasteiger partial charge is 0.481 e. The molecule has 1 heterocycles. The van der Waals surface area contributed by atoms with Crippen molar-refractivity contribution < 1.29 is 14.7 Å². The van der Waals surface area contributed by atoms with E-state index in [4.69, 9.17) is 5.11 Å². The van der Waals surface area contributed by atoms with Gasteiger partial charge in [0.15, 0.2) is 0 Å². The number of carbonyl (C=O) groups excluding carboxylic acids is 1. The van der Waals surface area contributed by atoms with E-state index in [2.05, 4.69) is 10.2 Å². The summed E-state index contributed by atoms with van der Waals surface area (Å²) in [5.41, 5.74) is 0. The van der Waals surface area contributed by atoms with E-state index in [0.717, 1.165) is 24.9 Å². The molecule has 0 radical (unpaired) electrons. The van der Waals surface area contributed by atoms with Gasteiger partial charge in [0.2, 0.25) is 5.91 Å². The molecular formula is C18H28N2O3. The molecule has 0 unspecified atom stereocenters. The third kappa shape index (κ3) is 3.12. The van der Waals surface area contributed by atoms with Gasteiger partial charge in [0.25, 0.3) is 0 Å². The smallest absolute Gasteiger partial charge is 0.306 e. The van der Waals surface area contributed by atoms with Crippen LogP contribution in [0, 0.1) is 29.6 Å². The first-order valence-electron chi connectivity index (χ1n) is 9.33. The minimum absolute atomic E-state index is 0.149. The quantitative estimate of drug-likeness (QED) is 0.827. The lowest BCUT2D eigenvalue weighted by Crippen LogP contribution is -2.57. The molecule has 0 aromatic rings. The molecule has 0 aromatic heterocycles. The van der Waals surface area contributed by atoms with Crippen molar-refractivity contribution in [1.29, 1.82) is 0 Å². The molecule has 1 aliphatic heterocycles. The number of piperidine rings is 1. The Morgan fingerprint density at radius 3 is 2.04 bits per heavy atom. The van der Waals surface area contributed by atoms with Crippen molar-refractivity contribution in [2.75, 3.05) is 19.6 Å². The summed E-state index contributed by atoms with van der Waals surface area (Å²) in [4.78, 5) is 25.6. The van der Waals surface area contributed by atoms with Crippen LogP contribution in [0.2, 0.25) is 0 Å². The minimum Gasteiger partial charge on any atom is -0.481 e. The van der Waals surface area contributed by atoms with E-state index < -0.39 is 5.97 Å². The second-order valence-electron chi connectivity index (χ2n) is 8.41. The highest BCUT2D eigenvalue weighted by atomic mass is 16.4. The van der Waals surface area contributed by atoms with Crippen molar-refractivity contribution >= 4 is 11.9 Å². The summed E-state index contributed by atoms with van der Waals surface area (Å²) < 4.78 is 0. The zero-order valence-electron chi connectivity index (χ0n) is 13.7. The lowest BCUT2D eigenvalue weighted by Gasteiger charge is -2.54. The number of hydrogen-bond donors (Lipinski definition) is 2. The normalized spacial score (nSPS) is 40.3. The van der Waals surface area contributed by atoms with Gasteiger partial charge in [0, 0.05) is 6.04 Å². The van der Waals surface area contributed by atoms with Gasteiger partial charge in [-0.1, -0.05) is 0 Å². The van der Waals surface area contributed by atoms with E-state index in [1.807, 2.05) is 0 Å². The molecule has 5 aliphatic rings.